The lowest BCUT2D eigenvalue weighted by atomic mass is 9.90. The third-order valence-electron chi connectivity index (χ3n) is 8.20. The smallest absolute Gasteiger partial charge is 0.204 e. The molecule has 1 aromatic carbocycles. The third-order valence-corrected chi connectivity index (χ3v) is 8.20. The zero-order valence-electron chi connectivity index (χ0n) is 19.4. The Balaban J connectivity index is 1.25. The van der Waals surface area contributed by atoms with Crippen LogP contribution in [0.1, 0.15) is 95.9 Å². The van der Waals surface area contributed by atoms with Crippen LogP contribution < -0.4 is 5.32 Å². The molecule has 0 bridgehead atoms. The molecule has 0 unspecified atom stereocenters. The fraction of sp³-hybridized carbons (Fsp3) is 0.741. The SMILES string of the molecule is c1ccc2c(c1)nc(NC1CCCCC1)n2C1CCN(CC2CCCCCCC2)CC1. The van der Waals surface area contributed by atoms with Gasteiger partial charge in [0.05, 0.1) is 11.0 Å². The van der Waals surface area contributed by atoms with Crippen molar-refractivity contribution in [2.75, 3.05) is 25.0 Å². The highest BCUT2D eigenvalue weighted by Crippen LogP contribution is 2.33. The van der Waals surface area contributed by atoms with E-state index in [1.165, 1.54) is 115 Å². The number of nitrogens with one attached hydrogen (secondary N) is 1. The predicted octanol–water partition coefficient (Wildman–Crippen LogP) is 6.78. The lowest BCUT2D eigenvalue weighted by Gasteiger charge is -2.36. The first-order valence-corrected chi connectivity index (χ1v) is 13.3. The van der Waals surface area contributed by atoms with E-state index in [0.717, 1.165) is 17.4 Å². The van der Waals surface area contributed by atoms with Crippen LogP contribution in [0.3, 0.4) is 0 Å². The van der Waals surface area contributed by atoms with Gasteiger partial charge >= 0.3 is 0 Å². The minimum atomic E-state index is 0.576. The number of benzene rings is 1. The van der Waals surface area contributed by atoms with Crippen LogP contribution in [-0.4, -0.2) is 40.1 Å². The number of nitrogens with zero attached hydrogens (tertiary/aromatic N) is 3. The first-order valence-electron chi connectivity index (χ1n) is 13.3. The molecule has 2 heterocycles. The first-order chi connectivity index (χ1) is 15.4. The Morgan fingerprint density at radius 1 is 0.774 bits per heavy atom. The Labute approximate surface area is 188 Å². The van der Waals surface area contributed by atoms with Crippen molar-refractivity contribution in [2.45, 2.75) is 102 Å². The fourth-order valence-corrected chi connectivity index (χ4v) is 6.39. The van der Waals surface area contributed by atoms with E-state index in [4.69, 9.17) is 4.98 Å². The van der Waals surface area contributed by atoms with Crippen molar-refractivity contribution in [3.63, 3.8) is 0 Å². The van der Waals surface area contributed by atoms with Crippen molar-refractivity contribution < 1.29 is 0 Å². The van der Waals surface area contributed by atoms with Crippen LogP contribution in [-0.2, 0) is 0 Å². The molecule has 1 saturated heterocycles. The van der Waals surface area contributed by atoms with Crippen molar-refractivity contribution in [1.82, 2.24) is 14.5 Å². The van der Waals surface area contributed by atoms with Crippen molar-refractivity contribution >= 4 is 17.0 Å². The molecule has 2 aromatic rings. The van der Waals surface area contributed by atoms with Crippen molar-refractivity contribution in [2.24, 2.45) is 5.92 Å². The first kappa shape index (κ1) is 21.3. The standard InChI is InChI=1S/C27H42N4/c1-2-5-11-22(12-6-3-1)21-30-19-17-24(18-20-30)31-26-16-10-9-15-25(26)29-27(31)28-23-13-7-4-8-14-23/h9-10,15-16,22-24H,1-8,11-14,17-21H2,(H,28,29). The number of fused-ring (bicyclic) bond motifs is 1. The Morgan fingerprint density at radius 3 is 2.19 bits per heavy atom. The fourth-order valence-electron chi connectivity index (χ4n) is 6.39. The maximum Gasteiger partial charge on any atom is 0.204 e. The molecule has 3 fully saturated rings. The van der Waals surface area contributed by atoms with Crippen molar-refractivity contribution in [1.29, 1.82) is 0 Å². The maximum absolute atomic E-state index is 5.05. The second-order valence-corrected chi connectivity index (χ2v) is 10.5. The molecule has 4 heteroatoms. The zero-order valence-corrected chi connectivity index (χ0v) is 19.4. The molecule has 5 rings (SSSR count). The average Bonchev–Trinajstić information content (AvgIpc) is 3.14. The molecule has 1 N–H and O–H groups in total. The molecule has 1 aromatic heterocycles. The summed E-state index contributed by atoms with van der Waals surface area (Å²) in [6.45, 7) is 3.83. The molecule has 170 valence electrons. The number of aromatic nitrogens is 2. The summed E-state index contributed by atoms with van der Waals surface area (Å²) < 4.78 is 2.57. The van der Waals surface area contributed by atoms with Crippen LogP contribution in [0, 0.1) is 5.92 Å². The summed E-state index contributed by atoms with van der Waals surface area (Å²) in [5.41, 5.74) is 2.47. The van der Waals surface area contributed by atoms with Crippen molar-refractivity contribution in [3.8, 4) is 0 Å². The normalized spacial score (nSPS) is 23.6. The quantitative estimate of drug-likeness (QED) is 0.576. The number of imidazole rings is 1. The molecule has 0 atom stereocenters. The number of hydrogen-bond donors (Lipinski definition) is 1. The number of piperidine rings is 1. The number of likely N-dealkylation sites (tertiary alicyclic amines) is 1. The van der Waals surface area contributed by atoms with Gasteiger partial charge in [0.25, 0.3) is 0 Å². The van der Waals surface area contributed by atoms with Gasteiger partial charge in [0.1, 0.15) is 0 Å². The van der Waals surface area contributed by atoms with Gasteiger partial charge in [-0.3, -0.25) is 0 Å². The summed E-state index contributed by atoms with van der Waals surface area (Å²) in [5, 5.41) is 3.86. The van der Waals surface area contributed by atoms with E-state index in [0.29, 0.717) is 12.1 Å². The second-order valence-electron chi connectivity index (χ2n) is 10.5. The third kappa shape index (κ3) is 5.27. The average molecular weight is 423 g/mol. The van der Waals surface area contributed by atoms with Gasteiger partial charge in [-0.05, 0) is 56.6 Å². The molecule has 1 aliphatic heterocycles. The van der Waals surface area contributed by atoms with Gasteiger partial charge in [-0.25, -0.2) is 4.98 Å². The molecule has 2 aliphatic carbocycles. The van der Waals surface area contributed by atoms with Crippen molar-refractivity contribution in [3.05, 3.63) is 24.3 Å². The van der Waals surface area contributed by atoms with E-state index in [-0.39, 0.29) is 0 Å². The van der Waals surface area contributed by atoms with Crippen LogP contribution in [0.5, 0.6) is 0 Å². The highest BCUT2D eigenvalue weighted by atomic mass is 15.2. The van der Waals surface area contributed by atoms with Gasteiger partial charge in [0, 0.05) is 31.7 Å². The maximum atomic E-state index is 5.05. The van der Waals surface area contributed by atoms with Crippen LogP contribution in [0.4, 0.5) is 5.95 Å². The summed E-state index contributed by atoms with van der Waals surface area (Å²) in [6, 6.07) is 9.93. The monoisotopic (exact) mass is 422 g/mol. The molecule has 31 heavy (non-hydrogen) atoms. The van der Waals surface area contributed by atoms with E-state index in [9.17, 15) is 0 Å². The minimum Gasteiger partial charge on any atom is -0.353 e. The highest BCUT2D eigenvalue weighted by Gasteiger charge is 2.27. The van der Waals surface area contributed by atoms with Crippen LogP contribution in [0.15, 0.2) is 24.3 Å². The number of para-hydroxylation sites is 2. The lowest BCUT2D eigenvalue weighted by Crippen LogP contribution is -2.38. The molecule has 4 nitrogen and oxygen atoms in total. The predicted molar refractivity (Wildman–Crippen MR) is 131 cm³/mol. The molecule has 2 saturated carbocycles. The van der Waals surface area contributed by atoms with Gasteiger partial charge in [-0.2, -0.15) is 0 Å². The Bertz CT molecular complexity index is 806. The summed E-state index contributed by atoms with van der Waals surface area (Å²) in [5.74, 6) is 2.07. The Kier molecular flexibility index (Phi) is 7.13. The molecule has 0 spiro atoms. The summed E-state index contributed by atoms with van der Waals surface area (Å²) in [7, 11) is 0. The van der Waals surface area contributed by atoms with Gasteiger partial charge < -0.3 is 14.8 Å². The molecule has 0 radical (unpaired) electrons. The number of anilines is 1. The number of rotatable bonds is 5. The summed E-state index contributed by atoms with van der Waals surface area (Å²) >= 11 is 0. The van der Waals surface area contributed by atoms with E-state index in [1.807, 2.05) is 0 Å². The Morgan fingerprint density at radius 2 is 1.42 bits per heavy atom. The highest BCUT2D eigenvalue weighted by molar-refractivity contribution is 5.79. The van der Waals surface area contributed by atoms with E-state index in [2.05, 4.69) is 39.0 Å². The molecular formula is C27H42N4. The van der Waals surface area contributed by atoms with Crippen LogP contribution in [0.2, 0.25) is 0 Å². The molecular weight excluding hydrogens is 380 g/mol. The number of hydrogen-bond acceptors (Lipinski definition) is 3. The summed E-state index contributed by atoms with van der Waals surface area (Å²) in [6.07, 6.45) is 19.4. The largest absolute Gasteiger partial charge is 0.353 e. The van der Waals surface area contributed by atoms with Gasteiger partial charge in [-0.15, -0.1) is 0 Å². The lowest BCUT2D eigenvalue weighted by molar-refractivity contribution is 0.153. The van der Waals surface area contributed by atoms with Crippen LogP contribution >= 0.6 is 0 Å². The van der Waals surface area contributed by atoms with E-state index in [1.54, 1.807) is 0 Å². The van der Waals surface area contributed by atoms with Gasteiger partial charge in [0.2, 0.25) is 5.95 Å². The Hall–Kier alpha value is -1.55. The van der Waals surface area contributed by atoms with Gasteiger partial charge in [0.15, 0.2) is 0 Å². The van der Waals surface area contributed by atoms with Gasteiger partial charge in [-0.1, -0.05) is 63.5 Å². The van der Waals surface area contributed by atoms with E-state index < -0.39 is 0 Å². The van der Waals surface area contributed by atoms with Crippen LogP contribution in [0.25, 0.3) is 11.0 Å². The molecule has 3 aliphatic rings. The minimum absolute atomic E-state index is 0.576. The zero-order chi connectivity index (χ0) is 20.9. The summed E-state index contributed by atoms with van der Waals surface area (Å²) in [4.78, 5) is 7.83. The van der Waals surface area contributed by atoms with E-state index >= 15 is 0 Å². The molecule has 0 amide bonds. The topological polar surface area (TPSA) is 33.1 Å². The second kappa shape index (κ2) is 10.4.